The van der Waals surface area contributed by atoms with Gasteiger partial charge < -0.3 is 0 Å². The van der Waals surface area contributed by atoms with Gasteiger partial charge in [0, 0.05) is 18.6 Å². The smallest absolute Gasteiger partial charge is 0.133 e. The Morgan fingerprint density at radius 3 is 2.90 bits per heavy atom. The Morgan fingerprint density at radius 2 is 2.05 bits per heavy atom. The van der Waals surface area contributed by atoms with E-state index in [0.717, 1.165) is 30.3 Å². The topological polar surface area (TPSA) is 17.1 Å². The Labute approximate surface area is 137 Å². The fourth-order valence-corrected chi connectivity index (χ4v) is 5.38. The van der Waals surface area contributed by atoms with Crippen LogP contribution in [-0.2, 0) is 11.2 Å². The van der Waals surface area contributed by atoms with Crippen molar-refractivity contribution in [1.29, 1.82) is 0 Å². The highest BCUT2D eigenvalue weighted by Gasteiger charge is 2.40. The van der Waals surface area contributed by atoms with E-state index >= 15 is 0 Å². The van der Waals surface area contributed by atoms with E-state index in [4.69, 9.17) is 0 Å². The van der Waals surface area contributed by atoms with Crippen LogP contribution in [0.3, 0.4) is 0 Å². The molecule has 0 aromatic heterocycles. The average Bonchev–Trinajstić information content (AvgIpc) is 2.51. The Bertz CT molecular complexity index is 500. The second-order valence-electron chi connectivity index (χ2n) is 6.34. The second-order valence-corrected chi connectivity index (χ2v) is 8.01. The van der Waals surface area contributed by atoms with Crippen LogP contribution in [0.25, 0.3) is 0 Å². The van der Waals surface area contributed by atoms with E-state index in [0.29, 0.717) is 17.6 Å². The Kier molecular flexibility index (Phi) is 5.33. The van der Waals surface area contributed by atoms with Crippen molar-refractivity contribution in [2.75, 3.05) is 17.3 Å². The van der Waals surface area contributed by atoms with Crippen LogP contribution in [0.5, 0.6) is 0 Å². The SMILES string of the molecule is O=C1CC(CCSCCS)C2CCc3ccccc3C2C1. The van der Waals surface area contributed by atoms with Crippen LogP contribution in [0.15, 0.2) is 24.3 Å². The zero-order valence-electron chi connectivity index (χ0n) is 12.5. The van der Waals surface area contributed by atoms with Crippen LogP contribution in [0, 0.1) is 11.8 Å². The standard InChI is InChI=1S/C18H24OS2/c19-15-11-14(7-9-21-10-8-20)17-6-5-13-3-1-2-4-16(13)18(17)12-15/h1-4,14,17-18,20H,5-12H2. The molecule has 3 atom stereocenters. The molecule has 0 aliphatic heterocycles. The lowest BCUT2D eigenvalue weighted by Crippen LogP contribution is -2.35. The molecule has 0 amide bonds. The van der Waals surface area contributed by atoms with Crippen molar-refractivity contribution in [2.45, 2.75) is 38.0 Å². The number of benzene rings is 1. The van der Waals surface area contributed by atoms with Gasteiger partial charge in [0.2, 0.25) is 0 Å². The van der Waals surface area contributed by atoms with Crippen LogP contribution in [0.4, 0.5) is 0 Å². The summed E-state index contributed by atoms with van der Waals surface area (Å²) in [5.74, 6) is 5.58. The van der Waals surface area contributed by atoms with Crippen LogP contribution in [0.2, 0.25) is 0 Å². The molecule has 0 spiro atoms. The van der Waals surface area contributed by atoms with Gasteiger partial charge in [-0.25, -0.2) is 0 Å². The fourth-order valence-electron chi connectivity index (χ4n) is 4.19. The number of Topliss-reactive ketones (excluding diaryl/α,β-unsaturated/α-hetero) is 1. The predicted octanol–water partition coefficient (Wildman–Crippen LogP) is 4.36. The van der Waals surface area contributed by atoms with E-state index in [1.807, 2.05) is 11.8 Å². The number of rotatable bonds is 5. The number of fused-ring (bicyclic) bond motifs is 3. The highest BCUT2D eigenvalue weighted by Crippen LogP contribution is 2.47. The summed E-state index contributed by atoms with van der Waals surface area (Å²) in [7, 11) is 0. The minimum Gasteiger partial charge on any atom is -0.300 e. The van der Waals surface area contributed by atoms with Crippen molar-refractivity contribution in [3.8, 4) is 0 Å². The summed E-state index contributed by atoms with van der Waals surface area (Å²) in [5.41, 5.74) is 2.95. The van der Waals surface area contributed by atoms with Crippen molar-refractivity contribution < 1.29 is 4.79 Å². The third kappa shape index (κ3) is 3.50. The molecule has 0 N–H and O–H groups in total. The third-order valence-corrected chi connectivity index (χ3v) is 6.67. The first-order chi connectivity index (χ1) is 10.3. The molecule has 21 heavy (non-hydrogen) atoms. The number of carbonyl (C=O) groups is 1. The molecule has 0 radical (unpaired) electrons. The fraction of sp³-hybridized carbons (Fsp3) is 0.611. The maximum Gasteiger partial charge on any atom is 0.133 e. The summed E-state index contributed by atoms with van der Waals surface area (Å²) < 4.78 is 0. The van der Waals surface area contributed by atoms with Gasteiger partial charge in [-0.3, -0.25) is 4.79 Å². The Hall–Kier alpha value is -0.410. The molecule has 3 heteroatoms. The van der Waals surface area contributed by atoms with Crippen LogP contribution in [-0.4, -0.2) is 23.0 Å². The molecule has 0 bridgehead atoms. The van der Waals surface area contributed by atoms with Gasteiger partial charge in [0.25, 0.3) is 0 Å². The molecule has 0 heterocycles. The van der Waals surface area contributed by atoms with Crippen molar-refractivity contribution >= 4 is 30.2 Å². The number of hydrogen-bond acceptors (Lipinski definition) is 3. The minimum absolute atomic E-state index is 0.483. The van der Waals surface area contributed by atoms with Crippen molar-refractivity contribution in [3.63, 3.8) is 0 Å². The summed E-state index contributed by atoms with van der Waals surface area (Å²) in [5, 5.41) is 0. The van der Waals surface area contributed by atoms with Gasteiger partial charge in [0.15, 0.2) is 0 Å². The lowest BCUT2D eigenvalue weighted by Gasteiger charge is -2.42. The van der Waals surface area contributed by atoms with E-state index < -0.39 is 0 Å². The molecule has 1 saturated carbocycles. The Morgan fingerprint density at radius 1 is 1.19 bits per heavy atom. The lowest BCUT2D eigenvalue weighted by molar-refractivity contribution is -0.123. The summed E-state index contributed by atoms with van der Waals surface area (Å²) in [6, 6.07) is 8.78. The Balaban J connectivity index is 1.72. The average molecular weight is 321 g/mol. The summed E-state index contributed by atoms with van der Waals surface area (Å²) in [6.07, 6.45) is 5.28. The quantitative estimate of drug-likeness (QED) is 0.641. The van der Waals surface area contributed by atoms with E-state index in [-0.39, 0.29) is 0 Å². The molecule has 3 unspecified atom stereocenters. The van der Waals surface area contributed by atoms with Gasteiger partial charge in [-0.2, -0.15) is 24.4 Å². The molecular weight excluding hydrogens is 296 g/mol. The number of thioether (sulfide) groups is 1. The van der Waals surface area contributed by atoms with Gasteiger partial charge in [-0.05, 0) is 59.6 Å². The van der Waals surface area contributed by atoms with E-state index in [2.05, 4.69) is 36.9 Å². The van der Waals surface area contributed by atoms with Gasteiger partial charge in [-0.1, -0.05) is 24.3 Å². The van der Waals surface area contributed by atoms with E-state index in [1.165, 1.54) is 36.1 Å². The molecule has 2 aliphatic rings. The molecule has 1 aromatic rings. The van der Waals surface area contributed by atoms with Crippen molar-refractivity contribution in [2.24, 2.45) is 11.8 Å². The van der Waals surface area contributed by atoms with Crippen molar-refractivity contribution in [1.82, 2.24) is 0 Å². The van der Waals surface area contributed by atoms with Crippen LogP contribution >= 0.6 is 24.4 Å². The number of hydrogen-bond donors (Lipinski definition) is 1. The summed E-state index contributed by atoms with van der Waals surface area (Å²) >= 11 is 6.25. The van der Waals surface area contributed by atoms with Gasteiger partial charge in [-0.15, -0.1) is 0 Å². The van der Waals surface area contributed by atoms with Gasteiger partial charge in [0.1, 0.15) is 5.78 Å². The first-order valence-corrected chi connectivity index (χ1v) is 9.86. The lowest BCUT2D eigenvalue weighted by atomic mass is 9.62. The van der Waals surface area contributed by atoms with Crippen LogP contribution < -0.4 is 0 Å². The summed E-state index contributed by atoms with van der Waals surface area (Å²) in [6.45, 7) is 0. The van der Waals surface area contributed by atoms with E-state index in [1.54, 1.807) is 0 Å². The van der Waals surface area contributed by atoms with Crippen LogP contribution in [0.1, 0.15) is 42.7 Å². The number of carbonyl (C=O) groups excluding carboxylic acids is 1. The third-order valence-electron chi connectivity index (χ3n) is 5.13. The van der Waals surface area contributed by atoms with Crippen molar-refractivity contribution in [3.05, 3.63) is 35.4 Å². The maximum absolute atomic E-state index is 12.2. The van der Waals surface area contributed by atoms with Gasteiger partial charge in [0.05, 0.1) is 0 Å². The molecule has 1 fully saturated rings. The molecule has 2 aliphatic carbocycles. The first kappa shape index (κ1) is 15.5. The molecular formula is C18H24OS2. The molecule has 1 nitrogen and oxygen atoms in total. The maximum atomic E-state index is 12.2. The normalized spacial score (nSPS) is 28.0. The molecule has 3 rings (SSSR count). The highest BCUT2D eigenvalue weighted by atomic mass is 32.2. The van der Waals surface area contributed by atoms with E-state index in [9.17, 15) is 4.79 Å². The number of aryl methyl sites for hydroxylation is 1. The summed E-state index contributed by atoms with van der Waals surface area (Å²) in [4.78, 5) is 12.2. The molecule has 0 saturated heterocycles. The number of thiol groups is 1. The zero-order chi connectivity index (χ0) is 14.7. The highest BCUT2D eigenvalue weighted by molar-refractivity contribution is 7.99. The molecule has 114 valence electrons. The monoisotopic (exact) mass is 320 g/mol. The molecule has 1 aromatic carbocycles. The predicted molar refractivity (Wildman–Crippen MR) is 94.5 cm³/mol. The number of ketones is 1. The minimum atomic E-state index is 0.483. The van der Waals surface area contributed by atoms with Gasteiger partial charge >= 0.3 is 0 Å². The first-order valence-electron chi connectivity index (χ1n) is 8.07. The second kappa shape index (κ2) is 7.23. The zero-order valence-corrected chi connectivity index (χ0v) is 14.2. The largest absolute Gasteiger partial charge is 0.300 e.